The average Bonchev–Trinajstić information content (AvgIpc) is 2.43. The molecular formula is C11H17N3O4S2. The molecule has 0 saturated heterocycles. The molecule has 112 valence electrons. The van der Waals surface area contributed by atoms with Gasteiger partial charge in [0.15, 0.2) is 4.90 Å². The molecule has 0 aliphatic rings. The van der Waals surface area contributed by atoms with E-state index in [-0.39, 0.29) is 4.90 Å². The van der Waals surface area contributed by atoms with Gasteiger partial charge in [0.1, 0.15) is 0 Å². The van der Waals surface area contributed by atoms with E-state index in [0.29, 0.717) is 18.0 Å². The molecule has 0 fully saturated rings. The van der Waals surface area contributed by atoms with Crippen molar-refractivity contribution in [3.63, 3.8) is 0 Å². The van der Waals surface area contributed by atoms with Crippen molar-refractivity contribution >= 4 is 33.2 Å². The highest BCUT2D eigenvalue weighted by Crippen LogP contribution is 2.29. The molecule has 0 aliphatic heterocycles. The minimum absolute atomic E-state index is 0.287. The van der Waals surface area contributed by atoms with Gasteiger partial charge >= 0.3 is 0 Å². The van der Waals surface area contributed by atoms with Crippen LogP contribution in [0.15, 0.2) is 23.1 Å². The second-order valence-electron chi connectivity index (χ2n) is 4.01. The maximum absolute atomic E-state index is 12.4. The Kier molecular flexibility index (Phi) is 5.78. The molecule has 0 amide bonds. The third-order valence-electron chi connectivity index (χ3n) is 2.74. The minimum atomic E-state index is -3.86. The standard InChI is InChI=1S/C11H17N3O4S2/c1-12-9-4-5-11(10(8-9)14(15)16)20(17,18)13(2)6-7-19-3/h4-5,8,12H,6-7H2,1-3H3. The highest BCUT2D eigenvalue weighted by atomic mass is 32.2. The molecule has 20 heavy (non-hydrogen) atoms. The number of hydrogen-bond acceptors (Lipinski definition) is 6. The fraction of sp³-hybridized carbons (Fsp3) is 0.455. The molecular weight excluding hydrogens is 302 g/mol. The fourth-order valence-corrected chi connectivity index (χ4v) is 3.42. The summed E-state index contributed by atoms with van der Waals surface area (Å²) in [6.45, 7) is 0.300. The minimum Gasteiger partial charge on any atom is -0.388 e. The van der Waals surface area contributed by atoms with E-state index in [2.05, 4.69) is 5.32 Å². The van der Waals surface area contributed by atoms with Crippen molar-refractivity contribution in [2.75, 3.05) is 38.0 Å². The van der Waals surface area contributed by atoms with Crippen molar-refractivity contribution in [2.24, 2.45) is 0 Å². The molecule has 0 heterocycles. The average molecular weight is 319 g/mol. The van der Waals surface area contributed by atoms with Gasteiger partial charge in [-0.05, 0) is 18.4 Å². The van der Waals surface area contributed by atoms with E-state index in [1.165, 1.54) is 37.0 Å². The molecule has 0 bridgehead atoms. The van der Waals surface area contributed by atoms with E-state index in [1.807, 2.05) is 6.26 Å². The third kappa shape index (κ3) is 3.62. The number of nitrogens with one attached hydrogen (secondary N) is 1. The van der Waals surface area contributed by atoms with E-state index in [0.717, 1.165) is 4.31 Å². The van der Waals surface area contributed by atoms with Gasteiger partial charge in [0.25, 0.3) is 5.69 Å². The number of hydrogen-bond donors (Lipinski definition) is 1. The van der Waals surface area contributed by atoms with Crippen LogP contribution < -0.4 is 5.32 Å². The van der Waals surface area contributed by atoms with Crippen LogP contribution in [0.1, 0.15) is 0 Å². The van der Waals surface area contributed by atoms with Crippen LogP contribution in [0.4, 0.5) is 11.4 Å². The molecule has 0 radical (unpaired) electrons. The topological polar surface area (TPSA) is 92.6 Å². The molecule has 0 saturated carbocycles. The summed E-state index contributed by atoms with van der Waals surface area (Å²) in [4.78, 5) is 10.1. The predicted octanol–water partition coefficient (Wildman–Crippen LogP) is 1.62. The zero-order chi connectivity index (χ0) is 15.3. The van der Waals surface area contributed by atoms with Crippen LogP contribution >= 0.6 is 11.8 Å². The van der Waals surface area contributed by atoms with Crippen LogP contribution in [0.2, 0.25) is 0 Å². The lowest BCUT2D eigenvalue weighted by Crippen LogP contribution is -2.29. The summed E-state index contributed by atoms with van der Waals surface area (Å²) in [7, 11) is -0.834. The van der Waals surface area contributed by atoms with E-state index in [1.54, 1.807) is 7.05 Å². The molecule has 1 aromatic rings. The monoisotopic (exact) mass is 319 g/mol. The second-order valence-corrected chi connectivity index (χ2v) is 7.01. The summed E-state index contributed by atoms with van der Waals surface area (Å²) in [5, 5.41) is 13.8. The molecule has 1 N–H and O–H groups in total. The summed E-state index contributed by atoms with van der Waals surface area (Å²) < 4.78 is 25.8. The highest BCUT2D eigenvalue weighted by molar-refractivity contribution is 7.98. The smallest absolute Gasteiger partial charge is 0.291 e. The molecule has 7 nitrogen and oxygen atoms in total. The Hall–Kier alpha value is -1.32. The summed E-state index contributed by atoms with van der Waals surface area (Å²) in [5.41, 5.74) is 0.0651. The first-order chi connectivity index (χ1) is 9.34. The molecule has 1 aromatic carbocycles. The van der Waals surface area contributed by atoms with Gasteiger partial charge in [-0.25, -0.2) is 8.42 Å². The van der Waals surface area contributed by atoms with Crippen LogP contribution in [0.3, 0.4) is 0 Å². The number of sulfonamides is 1. The Bertz CT molecular complexity index is 589. The van der Waals surface area contributed by atoms with Crippen LogP contribution in [0.25, 0.3) is 0 Å². The summed E-state index contributed by atoms with van der Waals surface area (Å²) in [6, 6.07) is 3.98. The third-order valence-corrected chi connectivity index (χ3v) is 5.24. The summed E-state index contributed by atoms with van der Waals surface area (Å²) in [6.07, 6.45) is 1.87. The Morgan fingerprint density at radius 1 is 1.45 bits per heavy atom. The molecule has 0 unspecified atom stereocenters. The second kappa shape index (κ2) is 6.91. The normalized spacial score (nSPS) is 11.6. The van der Waals surface area contributed by atoms with Gasteiger partial charge in [-0.1, -0.05) is 0 Å². The number of nitro benzene ring substituents is 1. The van der Waals surface area contributed by atoms with Crippen LogP contribution in [0.5, 0.6) is 0 Å². The quantitative estimate of drug-likeness (QED) is 0.606. The van der Waals surface area contributed by atoms with E-state index in [9.17, 15) is 18.5 Å². The SMILES string of the molecule is CNc1ccc(S(=O)(=O)N(C)CCSC)c([N+](=O)[O-])c1. The predicted molar refractivity (Wildman–Crippen MR) is 80.8 cm³/mol. The van der Waals surface area contributed by atoms with Gasteiger partial charge in [-0.15, -0.1) is 0 Å². The van der Waals surface area contributed by atoms with E-state index < -0.39 is 20.6 Å². The lowest BCUT2D eigenvalue weighted by molar-refractivity contribution is -0.387. The number of rotatable bonds is 7. The number of nitro groups is 1. The van der Waals surface area contributed by atoms with Gasteiger partial charge in [0, 0.05) is 38.1 Å². The first-order valence-corrected chi connectivity index (χ1v) is 8.59. The molecule has 0 aromatic heterocycles. The Labute approximate surface area is 122 Å². The molecule has 9 heteroatoms. The van der Waals surface area contributed by atoms with Gasteiger partial charge in [0.05, 0.1) is 4.92 Å². The van der Waals surface area contributed by atoms with Crippen molar-refractivity contribution in [3.8, 4) is 0 Å². The van der Waals surface area contributed by atoms with Crippen LogP contribution in [-0.2, 0) is 10.0 Å². The van der Waals surface area contributed by atoms with Crippen LogP contribution in [0, 0.1) is 10.1 Å². The molecule has 1 rings (SSSR count). The molecule has 0 spiro atoms. The van der Waals surface area contributed by atoms with Gasteiger partial charge in [0.2, 0.25) is 10.0 Å². The van der Waals surface area contributed by atoms with Crippen molar-refractivity contribution < 1.29 is 13.3 Å². The Balaban J connectivity index is 3.27. The van der Waals surface area contributed by atoms with Crippen molar-refractivity contribution in [1.29, 1.82) is 0 Å². The number of anilines is 1. The Morgan fingerprint density at radius 3 is 2.60 bits per heavy atom. The number of nitrogens with zero attached hydrogens (tertiary/aromatic N) is 2. The van der Waals surface area contributed by atoms with Gasteiger partial charge < -0.3 is 5.32 Å². The number of thioether (sulfide) groups is 1. The van der Waals surface area contributed by atoms with Crippen LogP contribution in [-0.4, -0.2) is 50.3 Å². The zero-order valence-electron chi connectivity index (χ0n) is 11.5. The summed E-state index contributed by atoms with van der Waals surface area (Å²) in [5.74, 6) is 0.623. The first kappa shape index (κ1) is 16.7. The fourth-order valence-electron chi connectivity index (χ4n) is 1.54. The lowest BCUT2D eigenvalue weighted by atomic mass is 10.3. The lowest BCUT2D eigenvalue weighted by Gasteiger charge is -2.16. The van der Waals surface area contributed by atoms with E-state index >= 15 is 0 Å². The highest BCUT2D eigenvalue weighted by Gasteiger charge is 2.29. The van der Waals surface area contributed by atoms with Crippen molar-refractivity contribution in [1.82, 2.24) is 4.31 Å². The molecule has 0 aliphatic carbocycles. The van der Waals surface area contributed by atoms with Gasteiger partial charge in [-0.3, -0.25) is 10.1 Å². The van der Waals surface area contributed by atoms with Gasteiger partial charge in [-0.2, -0.15) is 16.1 Å². The first-order valence-electron chi connectivity index (χ1n) is 5.76. The maximum atomic E-state index is 12.4. The molecule has 0 atom stereocenters. The van der Waals surface area contributed by atoms with E-state index in [4.69, 9.17) is 0 Å². The zero-order valence-corrected chi connectivity index (χ0v) is 13.1. The van der Waals surface area contributed by atoms with Crippen molar-refractivity contribution in [3.05, 3.63) is 28.3 Å². The summed E-state index contributed by atoms with van der Waals surface area (Å²) >= 11 is 1.51. The Morgan fingerprint density at radius 2 is 2.10 bits per heavy atom. The number of benzene rings is 1. The maximum Gasteiger partial charge on any atom is 0.291 e. The largest absolute Gasteiger partial charge is 0.388 e. The van der Waals surface area contributed by atoms with Crippen molar-refractivity contribution in [2.45, 2.75) is 4.90 Å².